The summed E-state index contributed by atoms with van der Waals surface area (Å²) in [7, 11) is 0. The lowest BCUT2D eigenvalue weighted by Gasteiger charge is -2.30. The standard InChI is InChI=1S/C20H26ClN3/c1-2-24-13-5-7-19(24)16-23(14-17-9-11-22-12-10-17)15-18-6-3-4-8-20(18)21/h3-4,6,8-12,19H,2,5,7,13-16H2,1H3. The highest BCUT2D eigenvalue weighted by atomic mass is 35.5. The first-order valence-electron chi connectivity index (χ1n) is 8.85. The van der Waals surface area contributed by atoms with E-state index >= 15 is 0 Å². The fourth-order valence-electron chi connectivity index (χ4n) is 3.62. The normalized spacial score (nSPS) is 18.4. The van der Waals surface area contributed by atoms with Gasteiger partial charge < -0.3 is 0 Å². The van der Waals surface area contributed by atoms with Crippen molar-refractivity contribution in [1.29, 1.82) is 0 Å². The summed E-state index contributed by atoms with van der Waals surface area (Å²) in [6, 6.07) is 13.0. The van der Waals surface area contributed by atoms with Gasteiger partial charge >= 0.3 is 0 Å². The van der Waals surface area contributed by atoms with Gasteiger partial charge in [-0.1, -0.05) is 36.7 Å². The fraction of sp³-hybridized carbons (Fsp3) is 0.450. The largest absolute Gasteiger partial charge is 0.299 e. The highest BCUT2D eigenvalue weighted by molar-refractivity contribution is 6.31. The first-order chi connectivity index (χ1) is 11.8. The zero-order chi connectivity index (χ0) is 16.8. The van der Waals surface area contributed by atoms with Gasteiger partial charge in [0.25, 0.3) is 0 Å². The molecule has 0 aliphatic carbocycles. The van der Waals surface area contributed by atoms with E-state index in [1.807, 2.05) is 24.5 Å². The van der Waals surface area contributed by atoms with Crippen molar-refractivity contribution in [3.63, 3.8) is 0 Å². The van der Waals surface area contributed by atoms with Gasteiger partial charge in [-0.3, -0.25) is 14.8 Å². The molecule has 0 saturated carbocycles. The van der Waals surface area contributed by atoms with E-state index in [1.54, 1.807) is 0 Å². The average molecular weight is 344 g/mol. The molecule has 0 N–H and O–H groups in total. The average Bonchev–Trinajstić information content (AvgIpc) is 3.05. The molecule has 1 aliphatic heterocycles. The maximum Gasteiger partial charge on any atom is 0.0451 e. The van der Waals surface area contributed by atoms with Gasteiger partial charge in [-0.05, 0) is 55.3 Å². The summed E-state index contributed by atoms with van der Waals surface area (Å²) in [4.78, 5) is 9.26. The predicted molar refractivity (Wildman–Crippen MR) is 100 cm³/mol. The van der Waals surface area contributed by atoms with Crippen LogP contribution in [0.5, 0.6) is 0 Å². The van der Waals surface area contributed by atoms with E-state index < -0.39 is 0 Å². The molecule has 1 atom stereocenters. The summed E-state index contributed by atoms with van der Waals surface area (Å²) in [5.41, 5.74) is 2.51. The smallest absolute Gasteiger partial charge is 0.0451 e. The number of benzene rings is 1. The van der Waals surface area contributed by atoms with Crippen LogP contribution < -0.4 is 0 Å². The van der Waals surface area contributed by atoms with Crippen molar-refractivity contribution in [1.82, 2.24) is 14.8 Å². The van der Waals surface area contributed by atoms with Crippen LogP contribution in [0.25, 0.3) is 0 Å². The minimum Gasteiger partial charge on any atom is -0.299 e. The Morgan fingerprint density at radius 2 is 1.96 bits per heavy atom. The summed E-state index contributed by atoms with van der Waals surface area (Å²) in [5, 5.41) is 0.857. The number of likely N-dealkylation sites (tertiary alicyclic amines) is 1. The summed E-state index contributed by atoms with van der Waals surface area (Å²) in [6.07, 6.45) is 6.35. The molecule has 0 radical (unpaired) electrons. The van der Waals surface area contributed by atoms with Crippen LogP contribution in [0.4, 0.5) is 0 Å². The fourth-order valence-corrected chi connectivity index (χ4v) is 3.81. The molecule has 1 saturated heterocycles. The molecule has 1 fully saturated rings. The summed E-state index contributed by atoms with van der Waals surface area (Å²) < 4.78 is 0. The number of hydrogen-bond acceptors (Lipinski definition) is 3. The van der Waals surface area contributed by atoms with Gasteiger partial charge in [0.05, 0.1) is 0 Å². The SMILES string of the molecule is CCN1CCCC1CN(Cc1ccncc1)Cc1ccccc1Cl. The molecule has 128 valence electrons. The zero-order valence-electron chi connectivity index (χ0n) is 14.4. The van der Waals surface area contributed by atoms with E-state index in [0.29, 0.717) is 6.04 Å². The summed E-state index contributed by atoms with van der Waals surface area (Å²) in [6.45, 7) is 7.54. The number of likely N-dealkylation sites (N-methyl/N-ethyl adjacent to an activating group) is 1. The topological polar surface area (TPSA) is 19.4 Å². The second kappa shape index (κ2) is 8.61. The monoisotopic (exact) mass is 343 g/mol. The van der Waals surface area contributed by atoms with E-state index in [1.165, 1.54) is 30.5 Å². The first-order valence-corrected chi connectivity index (χ1v) is 9.22. The summed E-state index contributed by atoms with van der Waals surface area (Å²) >= 11 is 6.40. The maximum atomic E-state index is 6.40. The molecule has 0 spiro atoms. The molecule has 2 aromatic rings. The number of hydrogen-bond donors (Lipinski definition) is 0. The van der Waals surface area contributed by atoms with Crippen LogP contribution in [0.1, 0.15) is 30.9 Å². The van der Waals surface area contributed by atoms with Crippen molar-refractivity contribution in [3.05, 3.63) is 64.9 Å². The van der Waals surface area contributed by atoms with Crippen LogP contribution in [0.15, 0.2) is 48.8 Å². The minimum absolute atomic E-state index is 0.652. The number of halogens is 1. The Morgan fingerprint density at radius 3 is 2.71 bits per heavy atom. The Kier molecular flexibility index (Phi) is 6.24. The van der Waals surface area contributed by atoms with Crippen LogP contribution in [0.2, 0.25) is 5.02 Å². The van der Waals surface area contributed by atoms with Crippen LogP contribution >= 0.6 is 11.6 Å². The van der Waals surface area contributed by atoms with Gasteiger partial charge in [-0.25, -0.2) is 0 Å². The Hall–Kier alpha value is -1.42. The van der Waals surface area contributed by atoms with Crippen LogP contribution in [-0.4, -0.2) is 40.5 Å². The Bertz CT molecular complexity index is 632. The van der Waals surface area contributed by atoms with Crippen LogP contribution in [-0.2, 0) is 13.1 Å². The Morgan fingerprint density at radius 1 is 1.17 bits per heavy atom. The second-order valence-electron chi connectivity index (χ2n) is 6.54. The minimum atomic E-state index is 0.652. The molecule has 2 heterocycles. The van der Waals surface area contributed by atoms with E-state index in [-0.39, 0.29) is 0 Å². The lowest BCUT2D eigenvalue weighted by atomic mass is 10.1. The third-order valence-electron chi connectivity index (χ3n) is 4.88. The highest BCUT2D eigenvalue weighted by Gasteiger charge is 2.25. The predicted octanol–water partition coefficient (Wildman–Crippen LogP) is 4.22. The van der Waals surface area contributed by atoms with Crippen molar-refractivity contribution in [2.45, 2.75) is 38.9 Å². The quantitative estimate of drug-likeness (QED) is 0.750. The maximum absolute atomic E-state index is 6.40. The molecule has 3 nitrogen and oxygen atoms in total. The molecule has 0 amide bonds. The van der Waals surface area contributed by atoms with Crippen LogP contribution in [0, 0.1) is 0 Å². The van der Waals surface area contributed by atoms with Gasteiger partial charge in [0, 0.05) is 43.1 Å². The van der Waals surface area contributed by atoms with E-state index in [0.717, 1.165) is 31.2 Å². The van der Waals surface area contributed by atoms with Gasteiger partial charge in [-0.2, -0.15) is 0 Å². The van der Waals surface area contributed by atoms with Crippen molar-refractivity contribution < 1.29 is 0 Å². The van der Waals surface area contributed by atoms with Gasteiger partial charge in [0.15, 0.2) is 0 Å². The molecule has 24 heavy (non-hydrogen) atoms. The van der Waals surface area contributed by atoms with E-state index in [4.69, 9.17) is 11.6 Å². The van der Waals surface area contributed by atoms with Crippen molar-refractivity contribution in [2.75, 3.05) is 19.6 Å². The number of nitrogens with zero attached hydrogens (tertiary/aromatic N) is 3. The molecular formula is C20H26ClN3. The molecular weight excluding hydrogens is 318 g/mol. The lowest BCUT2D eigenvalue weighted by Crippen LogP contribution is -2.39. The molecule has 0 bridgehead atoms. The zero-order valence-corrected chi connectivity index (χ0v) is 15.1. The lowest BCUT2D eigenvalue weighted by molar-refractivity contribution is 0.166. The van der Waals surface area contributed by atoms with Crippen molar-refractivity contribution >= 4 is 11.6 Å². The number of rotatable bonds is 7. The third kappa shape index (κ3) is 4.56. The third-order valence-corrected chi connectivity index (χ3v) is 5.25. The summed E-state index contributed by atoms with van der Waals surface area (Å²) in [5.74, 6) is 0. The van der Waals surface area contributed by atoms with E-state index in [2.05, 4.69) is 46.0 Å². The number of aromatic nitrogens is 1. The highest BCUT2D eigenvalue weighted by Crippen LogP contribution is 2.22. The molecule has 1 unspecified atom stereocenters. The van der Waals surface area contributed by atoms with E-state index in [9.17, 15) is 0 Å². The molecule has 4 heteroatoms. The molecule has 1 aromatic carbocycles. The van der Waals surface area contributed by atoms with Gasteiger partial charge in [-0.15, -0.1) is 0 Å². The Balaban J connectivity index is 1.74. The van der Waals surface area contributed by atoms with Crippen molar-refractivity contribution in [3.8, 4) is 0 Å². The molecule has 1 aromatic heterocycles. The van der Waals surface area contributed by atoms with Gasteiger partial charge in [0.2, 0.25) is 0 Å². The molecule has 1 aliphatic rings. The molecule has 3 rings (SSSR count). The van der Waals surface area contributed by atoms with Gasteiger partial charge in [0.1, 0.15) is 0 Å². The second-order valence-corrected chi connectivity index (χ2v) is 6.95. The number of pyridine rings is 1. The van der Waals surface area contributed by atoms with Crippen molar-refractivity contribution in [2.24, 2.45) is 0 Å². The first kappa shape index (κ1) is 17.4. The Labute approximate surface area is 150 Å². The van der Waals surface area contributed by atoms with Crippen LogP contribution in [0.3, 0.4) is 0 Å².